The van der Waals surface area contributed by atoms with Crippen LogP contribution in [0.5, 0.6) is 0 Å². The molecule has 0 amide bonds. The third-order valence-electron chi connectivity index (χ3n) is 5.25. The molecular formula is C22H49F3. The molecule has 0 aliphatic heterocycles. The molecule has 3 heteroatoms. The van der Waals surface area contributed by atoms with Gasteiger partial charge in [-0.25, -0.2) is 0 Å². The number of hydrogen-bond donors (Lipinski definition) is 0. The zero-order valence-corrected chi connectivity index (χ0v) is 18.9. The van der Waals surface area contributed by atoms with Crippen LogP contribution in [-0.4, -0.2) is 6.18 Å². The van der Waals surface area contributed by atoms with Crippen LogP contribution in [0.4, 0.5) is 13.2 Å². The second-order valence-corrected chi connectivity index (χ2v) is 10.7. The minimum atomic E-state index is -4.06. The van der Waals surface area contributed by atoms with Gasteiger partial charge in [-0.2, -0.15) is 13.2 Å². The minimum absolute atomic E-state index is 0. The summed E-state index contributed by atoms with van der Waals surface area (Å²) >= 11 is 0. The van der Waals surface area contributed by atoms with Crippen molar-refractivity contribution in [2.75, 3.05) is 0 Å². The highest BCUT2D eigenvalue weighted by Crippen LogP contribution is 2.38. The number of hydrogen-bond acceptors (Lipinski definition) is 0. The van der Waals surface area contributed by atoms with Gasteiger partial charge in [-0.15, -0.1) is 0 Å². The van der Waals surface area contributed by atoms with E-state index in [1.165, 1.54) is 6.92 Å². The van der Waals surface area contributed by atoms with E-state index in [-0.39, 0.29) is 7.43 Å². The van der Waals surface area contributed by atoms with E-state index in [1.54, 1.807) is 20.8 Å². The highest BCUT2D eigenvalue weighted by molar-refractivity contribution is 4.75. The van der Waals surface area contributed by atoms with E-state index in [4.69, 9.17) is 0 Å². The predicted octanol–water partition coefficient (Wildman–Crippen LogP) is 9.24. The molecule has 0 saturated heterocycles. The number of rotatable bonds is 0. The Morgan fingerprint density at radius 3 is 0.640 bits per heavy atom. The Hall–Kier alpha value is -0.210. The molecule has 0 heterocycles. The molecule has 0 aromatic rings. The summed E-state index contributed by atoms with van der Waals surface area (Å²) in [6.07, 6.45) is -4.06. The summed E-state index contributed by atoms with van der Waals surface area (Å²) < 4.78 is 35.8. The molecule has 0 rings (SSSR count). The minimum Gasteiger partial charge on any atom is -0.171 e. The van der Waals surface area contributed by atoms with Crippen molar-refractivity contribution in [2.45, 2.75) is 111 Å². The van der Waals surface area contributed by atoms with Gasteiger partial charge in [-0.05, 0) is 28.1 Å². The maximum Gasteiger partial charge on any atom is 0.392 e. The van der Waals surface area contributed by atoms with Crippen LogP contribution in [0.2, 0.25) is 0 Å². The lowest BCUT2D eigenvalue weighted by Gasteiger charge is -2.28. The van der Waals surface area contributed by atoms with Crippen LogP contribution < -0.4 is 0 Å². The van der Waals surface area contributed by atoms with Crippen LogP contribution in [0.25, 0.3) is 0 Å². The average Bonchev–Trinajstić information content (AvgIpc) is 2.24. The van der Waals surface area contributed by atoms with Crippen LogP contribution in [0.1, 0.15) is 104 Å². The van der Waals surface area contributed by atoms with Crippen LogP contribution >= 0.6 is 0 Å². The molecule has 0 saturated carbocycles. The topological polar surface area (TPSA) is 0 Å². The fourth-order valence-corrected chi connectivity index (χ4v) is 0.491. The van der Waals surface area contributed by atoms with E-state index < -0.39 is 17.5 Å². The molecule has 0 fully saturated rings. The lowest BCUT2D eigenvalue weighted by molar-refractivity contribution is -0.194. The molecule has 0 aromatic heterocycles. The van der Waals surface area contributed by atoms with Crippen LogP contribution in [0, 0.1) is 34.0 Å². The van der Waals surface area contributed by atoms with Crippen molar-refractivity contribution in [1.29, 1.82) is 0 Å². The largest absolute Gasteiger partial charge is 0.392 e. The van der Waals surface area contributed by atoms with E-state index in [1.807, 2.05) is 0 Å². The molecule has 0 N–H and O–H groups in total. The van der Waals surface area contributed by atoms with Crippen molar-refractivity contribution in [3.8, 4) is 0 Å². The van der Waals surface area contributed by atoms with Crippen molar-refractivity contribution in [2.24, 2.45) is 34.0 Å². The summed E-state index contributed by atoms with van der Waals surface area (Å²) in [5.41, 5.74) is 0.318. The Labute approximate surface area is 158 Å². The summed E-state index contributed by atoms with van der Waals surface area (Å²) in [7, 11) is 0. The molecule has 0 nitrogen and oxygen atoms in total. The average molecular weight is 371 g/mol. The first-order chi connectivity index (χ1) is 10.0. The lowest BCUT2D eigenvalue weighted by Crippen LogP contribution is -2.31. The van der Waals surface area contributed by atoms with Gasteiger partial charge >= 0.3 is 6.18 Å². The molecule has 25 heavy (non-hydrogen) atoms. The highest BCUT2D eigenvalue weighted by Gasteiger charge is 2.42. The molecule has 0 aromatic carbocycles. The summed E-state index contributed by atoms with van der Waals surface area (Å²) in [5.74, 6) is 0.361. The smallest absolute Gasteiger partial charge is 0.171 e. The SMILES string of the molecule is C.CC(C)C(C)(C)C.CC(C)C(C)(C)C.C[C@@H](C(C)(C)C)C(F)(F)F. The van der Waals surface area contributed by atoms with Crippen LogP contribution in [-0.2, 0) is 0 Å². The zero-order valence-electron chi connectivity index (χ0n) is 18.9. The first-order valence-electron chi connectivity index (χ1n) is 9.11. The second-order valence-electron chi connectivity index (χ2n) is 10.7. The Morgan fingerprint density at radius 2 is 0.640 bits per heavy atom. The molecule has 158 valence electrons. The molecule has 0 unspecified atom stereocenters. The molecule has 0 spiro atoms. The molecular weight excluding hydrogens is 321 g/mol. The summed E-state index contributed by atoms with van der Waals surface area (Å²) in [6, 6.07) is 0. The predicted molar refractivity (Wildman–Crippen MR) is 110 cm³/mol. The molecule has 0 radical (unpaired) electrons. The quantitative estimate of drug-likeness (QED) is 0.398. The molecule has 0 bridgehead atoms. The van der Waals surface area contributed by atoms with Crippen LogP contribution in [0.3, 0.4) is 0 Å². The molecule has 1 atom stereocenters. The maximum atomic E-state index is 11.9. The first kappa shape index (κ1) is 32.5. The highest BCUT2D eigenvalue weighted by atomic mass is 19.4. The molecule has 0 aliphatic carbocycles. The van der Waals surface area contributed by atoms with Gasteiger partial charge in [0.25, 0.3) is 0 Å². The van der Waals surface area contributed by atoms with E-state index in [9.17, 15) is 13.2 Å². The number of alkyl halides is 3. The number of halogens is 3. The van der Waals surface area contributed by atoms with Crippen molar-refractivity contribution in [3.05, 3.63) is 0 Å². The standard InChI is InChI=1S/C7H13F3.2C7H16.CH4/c1-5(6(2,3)4)7(8,9)10;2*1-6(2)7(3,4)5;/h5H,1-4H3;2*6H,1-5H3;1H4/t5-;;;/m0.../s1. The summed E-state index contributed by atoms with van der Waals surface area (Å²) in [4.78, 5) is 0. The van der Waals surface area contributed by atoms with Gasteiger partial charge in [0.15, 0.2) is 0 Å². The van der Waals surface area contributed by atoms with Crippen molar-refractivity contribution in [3.63, 3.8) is 0 Å². The third kappa shape index (κ3) is 20.0. The van der Waals surface area contributed by atoms with Gasteiger partial charge in [0.05, 0.1) is 5.92 Å². The van der Waals surface area contributed by atoms with Gasteiger partial charge in [-0.1, -0.05) is 104 Å². The van der Waals surface area contributed by atoms with E-state index in [0.717, 1.165) is 11.8 Å². The Balaban J connectivity index is -0.000000133. The maximum absolute atomic E-state index is 11.9. The van der Waals surface area contributed by atoms with Gasteiger partial charge in [0, 0.05) is 0 Å². The first-order valence-corrected chi connectivity index (χ1v) is 9.11. The normalized spacial score (nSPS) is 14.0. The van der Waals surface area contributed by atoms with E-state index in [2.05, 4.69) is 69.2 Å². The Bertz CT molecular complexity index is 272. The molecule has 0 aliphatic rings. The second kappa shape index (κ2) is 11.5. The van der Waals surface area contributed by atoms with Gasteiger partial charge in [0.2, 0.25) is 0 Å². The van der Waals surface area contributed by atoms with Crippen molar-refractivity contribution >= 4 is 0 Å². The van der Waals surface area contributed by atoms with Crippen molar-refractivity contribution < 1.29 is 13.2 Å². The van der Waals surface area contributed by atoms with E-state index >= 15 is 0 Å². The van der Waals surface area contributed by atoms with E-state index in [0.29, 0.717) is 10.8 Å². The van der Waals surface area contributed by atoms with Crippen molar-refractivity contribution in [1.82, 2.24) is 0 Å². The van der Waals surface area contributed by atoms with Crippen LogP contribution in [0.15, 0.2) is 0 Å². The summed E-state index contributed by atoms with van der Waals surface area (Å²) in [5, 5.41) is 0. The monoisotopic (exact) mass is 370 g/mol. The lowest BCUT2D eigenvalue weighted by atomic mass is 9.82. The Kier molecular flexibility index (Phi) is 14.9. The van der Waals surface area contributed by atoms with Gasteiger partial charge in [-0.3, -0.25) is 0 Å². The summed E-state index contributed by atoms with van der Waals surface area (Å²) in [6.45, 7) is 28.5. The van der Waals surface area contributed by atoms with Gasteiger partial charge < -0.3 is 0 Å². The Morgan fingerprint density at radius 1 is 0.480 bits per heavy atom. The third-order valence-corrected chi connectivity index (χ3v) is 5.25. The fourth-order valence-electron chi connectivity index (χ4n) is 0.491. The fraction of sp³-hybridized carbons (Fsp3) is 1.00. The zero-order chi connectivity index (χ0) is 20.7. The van der Waals surface area contributed by atoms with Gasteiger partial charge in [0.1, 0.15) is 0 Å².